The van der Waals surface area contributed by atoms with Crippen LogP contribution in [0.15, 0.2) is 35.5 Å². The van der Waals surface area contributed by atoms with Gasteiger partial charge >= 0.3 is 0 Å². The molecule has 5 rings (SSSR count). The fourth-order valence-electron chi connectivity index (χ4n) is 8.63. The number of anilines is 1. The lowest BCUT2D eigenvalue weighted by atomic mass is 9.43. The van der Waals surface area contributed by atoms with Crippen molar-refractivity contribution in [1.82, 2.24) is 4.57 Å². The van der Waals surface area contributed by atoms with Crippen LogP contribution >= 0.6 is 0 Å². The van der Waals surface area contributed by atoms with Crippen molar-refractivity contribution in [3.8, 4) is 0 Å². The van der Waals surface area contributed by atoms with E-state index >= 15 is 0 Å². The molecule has 3 aliphatic carbocycles. The minimum absolute atomic E-state index is 0.00726. The van der Waals surface area contributed by atoms with E-state index in [2.05, 4.69) is 75.9 Å². The third kappa shape index (κ3) is 4.23. The number of nitrogens with one attached hydrogen (secondary N) is 1. The largest absolute Gasteiger partial charge is 0.393 e. The molecular weight excluding hydrogens is 444 g/mol. The highest BCUT2D eigenvalue weighted by Crippen LogP contribution is 2.64. The molecule has 0 saturated heterocycles. The van der Waals surface area contributed by atoms with Gasteiger partial charge in [-0.3, -0.25) is 4.79 Å². The minimum atomic E-state index is -0.169. The Morgan fingerprint density at radius 1 is 1.14 bits per heavy atom. The summed E-state index contributed by atoms with van der Waals surface area (Å²) in [6, 6.07) is 6.36. The van der Waals surface area contributed by atoms with Gasteiger partial charge in [-0.2, -0.15) is 0 Å². The summed E-state index contributed by atoms with van der Waals surface area (Å²) in [6.07, 6.45) is 11.5. The average Bonchev–Trinajstić information content (AvgIpc) is 3.17. The summed E-state index contributed by atoms with van der Waals surface area (Å²) >= 11 is 0. The molecule has 2 aromatic rings. The maximum atomic E-state index is 12.9. The van der Waals surface area contributed by atoms with E-state index in [0.29, 0.717) is 23.7 Å². The fraction of sp³-hybridized carbons (Fsp3) is 0.656. The fourth-order valence-corrected chi connectivity index (χ4v) is 8.63. The van der Waals surface area contributed by atoms with Crippen molar-refractivity contribution in [2.75, 3.05) is 5.32 Å². The number of aromatic nitrogens is 1. The number of allylic oxidation sites excluding steroid dienone is 2. The Bertz CT molecular complexity index is 1190. The van der Waals surface area contributed by atoms with E-state index in [9.17, 15) is 9.90 Å². The Kier molecular flexibility index (Phi) is 6.64. The number of carbonyl (C=O) groups excluding carboxylic acids is 1. The zero-order chi connectivity index (χ0) is 25.8. The number of nitrogens with zero attached hydrogens (tertiary/aromatic N) is 1. The number of hydrogen-bond donors (Lipinski definition) is 2. The first kappa shape index (κ1) is 25.6. The Hall–Kier alpha value is -2.07. The quantitative estimate of drug-likeness (QED) is 0.426. The normalized spacial score (nSPS) is 31.8. The summed E-state index contributed by atoms with van der Waals surface area (Å²) in [5, 5.41) is 15.1. The first-order valence-corrected chi connectivity index (χ1v) is 14.2. The molecule has 2 N–H and O–H groups in total. The standard InChI is InChI=1S/C32H46N2O2/c1-20-10-12-25-24(11-13-28-31(3,4)29(35)14-16-32(25,28)5)23(20)8-7-9-30(36)33-26-19-22-15-17-34(6)27(22)18-21(26)2/h15,17-19,24-25,28-29,35H,7-14,16H2,1-6H3,(H,33,36)/t24-,25-,28-,29-,32+/m0/s1. The average molecular weight is 491 g/mol. The second kappa shape index (κ2) is 9.35. The molecule has 0 unspecified atom stereocenters. The summed E-state index contributed by atoms with van der Waals surface area (Å²) < 4.78 is 2.12. The van der Waals surface area contributed by atoms with Crippen LogP contribution in [0.5, 0.6) is 0 Å². The molecule has 1 heterocycles. The second-order valence-electron chi connectivity index (χ2n) is 13.1. The van der Waals surface area contributed by atoms with Crippen molar-refractivity contribution >= 4 is 22.5 Å². The third-order valence-corrected chi connectivity index (χ3v) is 10.8. The summed E-state index contributed by atoms with van der Waals surface area (Å²) in [5.74, 6) is 2.11. The van der Waals surface area contributed by atoms with Gasteiger partial charge in [0.25, 0.3) is 0 Å². The maximum Gasteiger partial charge on any atom is 0.224 e. The number of carbonyl (C=O) groups is 1. The highest BCUT2D eigenvalue weighted by molar-refractivity contribution is 5.95. The van der Waals surface area contributed by atoms with Gasteiger partial charge < -0.3 is 15.0 Å². The van der Waals surface area contributed by atoms with E-state index in [-0.39, 0.29) is 17.4 Å². The molecule has 4 heteroatoms. The molecule has 0 radical (unpaired) electrons. The third-order valence-electron chi connectivity index (χ3n) is 10.8. The maximum absolute atomic E-state index is 12.9. The van der Waals surface area contributed by atoms with Gasteiger partial charge in [-0.15, -0.1) is 0 Å². The van der Waals surface area contributed by atoms with Crippen molar-refractivity contribution < 1.29 is 9.90 Å². The Morgan fingerprint density at radius 2 is 1.92 bits per heavy atom. The van der Waals surface area contributed by atoms with E-state index in [1.165, 1.54) is 31.2 Å². The molecule has 2 saturated carbocycles. The number of rotatable bonds is 5. The lowest BCUT2D eigenvalue weighted by Crippen LogP contribution is -2.56. The van der Waals surface area contributed by atoms with E-state index in [0.717, 1.165) is 48.2 Å². The number of aryl methyl sites for hydroxylation is 2. The molecule has 1 aromatic heterocycles. The topological polar surface area (TPSA) is 54.3 Å². The molecule has 5 atom stereocenters. The molecule has 4 nitrogen and oxygen atoms in total. The van der Waals surface area contributed by atoms with Crippen LogP contribution in [0, 0.1) is 35.5 Å². The van der Waals surface area contributed by atoms with Crippen molar-refractivity contribution in [2.45, 2.75) is 98.5 Å². The van der Waals surface area contributed by atoms with Gasteiger partial charge in [0, 0.05) is 36.3 Å². The summed E-state index contributed by atoms with van der Waals surface area (Å²) in [5.41, 5.74) is 6.80. The Labute approximate surface area is 217 Å². The summed E-state index contributed by atoms with van der Waals surface area (Å²) in [7, 11) is 2.05. The monoisotopic (exact) mass is 490 g/mol. The molecule has 0 bridgehead atoms. The van der Waals surface area contributed by atoms with Gasteiger partial charge in [-0.25, -0.2) is 0 Å². The Balaban J connectivity index is 1.23. The first-order valence-electron chi connectivity index (χ1n) is 14.2. The SMILES string of the molecule is CC1=C(CCCC(=O)Nc2cc3ccn(C)c3cc2C)[C@@H]2CC[C@H]3C(C)(C)[C@@H](O)CC[C@]3(C)[C@H]2CC1. The number of aliphatic hydroxyl groups is 1. The van der Waals surface area contributed by atoms with Crippen LogP contribution in [0.4, 0.5) is 5.69 Å². The number of hydrogen-bond acceptors (Lipinski definition) is 2. The molecule has 3 aliphatic rings. The van der Waals surface area contributed by atoms with E-state index in [4.69, 9.17) is 0 Å². The molecule has 0 spiro atoms. The van der Waals surface area contributed by atoms with Crippen LogP contribution in [-0.4, -0.2) is 21.7 Å². The van der Waals surface area contributed by atoms with E-state index in [1.54, 1.807) is 11.1 Å². The van der Waals surface area contributed by atoms with Crippen LogP contribution < -0.4 is 5.32 Å². The van der Waals surface area contributed by atoms with E-state index in [1.807, 2.05) is 0 Å². The van der Waals surface area contributed by atoms with Crippen molar-refractivity contribution in [2.24, 2.45) is 35.6 Å². The first-order chi connectivity index (χ1) is 17.0. The van der Waals surface area contributed by atoms with Crippen LogP contribution in [0.25, 0.3) is 10.9 Å². The van der Waals surface area contributed by atoms with Gasteiger partial charge in [-0.05, 0) is 118 Å². The molecule has 1 aromatic carbocycles. The van der Waals surface area contributed by atoms with Crippen LogP contribution in [0.3, 0.4) is 0 Å². The number of amides is 1. The Morgan fingerprint density at radius 3 is 2.69 bits per heavy atom. The van der Waals surface area contributed by atoms with Gasteiger partial charge in [0.05, 0.1) is 6.10 Å². The van der Waals surface area contributed by atoms with Gasteiger partial charge in [0.15, 0.2) is 0 Å². The predicted molar refractivity (Wildman–Crippen MR) is 149 cm³/mol. The zero-order valence-corrected chi connectivity index (χ0v) is 23.3. The van der Waals surface area contributed by atoms with Gasteiger partial charge in [-0.1, -0.05) is 31.9 Å². The molecule has 0 aliphatic heterocycles. The van der Waals surface area contributed by atoms with Crippen LogP contribution in [-0.2, 0) is 11.8 Å². The van der Waals surface area contributed by atoms with Crippen LogP contribution in [0.2, 0.25) is 0 Å². The molecule has 196 valence electrons. The van der Waals surface area contributed by atoms with Gasteiger partial charge in [0.1, 0.15) is 0 Å². The van der Waals surface area contributed by atoms with E-state index < -0.39 is 0 Å². The lowest BCUT2D eigenvalue weighted by molar-refractivity contribution is -0.149. The van der Waals surface area contributed by atoms with Crippen molar-refractivity contribution in [3.63, 3.8) is 0 Å². The molecular formula is C32H46N2O2. The molecule has 1 amide bonds. The molecule has 36 heavy (non-hydrogen) atoms. The van der Waals surface area contributed by atoms with Crippen LogP contribution in [0.1, 0.15) is 91.0 Å². The zero-order valence-electron chi connectivity index (χ0n) is 23.3. The second-order valence-corrected chi connectivity index (χ2v) is 13.1. The summed E-state index contributed by atoms with van der Waals surface area (Å²) in [6.45, 7) is 11.6. The minimum Gasteiger partial charge on any atom is -0.393 e. The number of benzene rings is 1. The van der Waals surface area contributed by atoms with Crippen molar-refractivity contribution in [1.29, 1.82) is 0 Å². The number of fused-ring (bicyclic) bond motifs is 4. The number of aliphatic hydroxyl groups excluding tert-OH is 1. The highest BCUT2D eigenvalue weighted by atomic mass is 16.3. The molecule has 2 fully saturated rings. The highest BCUT2D eigenvalue weighted by Gasteiger charge is 2.58. The lowest BCUT2D eigenvalue weighted by Gasteiger charge is -2.62. The van der Waals surface area contributed by atoms with Crippen molar-refractivity contribution in [3.05, 3.63) is 41.1 Å². The smallest absolute Gasteiger partial charge is 0.224 e. The summed E-state index contributed by atoms with van der Waals surface area (Å²) in [4.78, 5) is 12.9. The van der Waals surface area contributed by atoms with Gasteiger partial charge in [0.2, 0.25) is 5.91 Å². The predicted octanol–water partition coefficient (Wildman–Crippen LogP) is 7.54.